The van der Waals surface area contributed by atoms with Crippen molar-refractivity contribution in [2.45, 2.75) is 26.4 Å². The number of thiocarbonyl (C=S) groups is 1. The van der Waals surface area contributed by atoms with E-state index < -0.39 is 0 Å². The van der Waals surface area contributed by atoms with Gasteiger partial charge in [0.2, 0.25) is 0 Å². The molecular weight excluding hydrogens is 272 g/mol. The zero-order valence-corrected chi connectivity index (χ0v) is 12.8. The van der Waals surface area contributed by atoms with Crippen LogP contribution in [0.1, 0.15) is 24.3 Å². The molecule has 0 aliphatic carbocycles. The lowest BCUT2D eigenvalue weighted by Crippen LogP contribution is -2.31. The van der Waals surface area contributed by atoms with E-state index in [1.165, 1.54) is 4.88 Å². The highest BCUT2D eigenvalue weighted by molar-refractivity contribution is 7.80. The van der Waals surface area contributed by atoms with Gasteiger partial charge in [0.1, 0.15) is 4.99 Å². The average molecular weight is 290 g/mol. The quantitative estimate of drug-likeness (QED) is 0.849. The largest absolute Gasteiger partial charge is 0.389 e. The van der Waals surface area contributed by atoms with E-state index >= 15 is 0 Å². The molecule has 0 fully saturated rings. The maximum Gasteiger partial charge on any atom is 0.106 e. The Morgan fingerprint density at radius 1 is 1.26 bits per heavy atom. The molecule has 1 heterocycles. The normalized spacial score (nSPS) is 10.7. The lowest BCUT2D eigenvalue weighted by molar-refractivity contribution is 0.687. The van der Waals surface area contributed by atoms with Crippen LogP contribution in [-0.2, 0) is 6.54 Å². The lowest BCUT2D eigenvalue weighted by Gasteiger charge is -2.30. The van der Waals surface area contributed by atoms with Crippen LogP contribution < -0.4 is 10.6 Å². The Morgan fingerprint density at radius 2 is 2.00 bits per heavy atom. The van der Waals surface area contributed by atoms with E-state index in [-0.39, 0.29) is 0 Å². The van der Waals surface area contributed by atoms with Gasteiger partial charge in [0.15, 0.2) is 0 Å². The van der Waals surface area contributed by atoms with Crippen molar-refractivity contribution in [3.63, 3.8) is 0 Å². The summed E-state index contributed by atoms with van der Waals surface area (Å²) in [6.07, 6.45) is 0. The Kier molecular flexibility index (Phi) is 4.56. The number of hydrogen-bond acceptors (Lipinski definition) is 3. The first-order valence-corrected chi connectivity index (χ1v) is 7.56. The first-order chi connectivity index (χ1) is 9.09. The third-order valence-corrected chi connectivity index (χ3v) is 4.09. The van der Waals surface area contributed by atoms with Crippen LogP contribution >= 0.6 is 23.6 Å². The molecule has 0 unspecified atom stereocenters. The Bertz CT molecular complexity index is 547. The van der Waals surface area contributed by atoms with Crippen molar-refractivity contribution in [3.05, 3.63) is 52.2 Å². The Labute approximate surface area is 123 Å². The number of para-hydroxylation sites is 1. The number of anilines is 1. The minimum Gasteiger partial charge on any atom is -0.389 e. The predicted octanol–water partition coefficient (Wildman–Crippen LogP) is 3.80. The molecule has 0 saturated carbocycles. The molecule has 100 valence electrons. The molecule has 0 radical (unpaired) electrons. The van der Waals surface area contributed by atoms with E-state index in [0.29, 0.717) is 11.0 Å². The van der Waals surface area contributed by atoms with Gasteiger partial charge in [-0.2, -0.15) is 0 Å². The number of rotatable bonds is 5. The molecule has 0 amide bonds. The summed E-state index contributed by atoms with van der Waals surface area (Å²) in [5.74, 6) is 0. The van der Waals surface area contributed by atoms with Gasteiger partial charge < -0.3 is 10.6 Å². The van der Waals surface area contributed by atoms with Crippen molar-refractivity contribution in [2.75, 3.05) is 4.90 Å². The first-order valence-electron chi connectivity index (χ1n) is 6.27. The molecular formula is C15H18N2S2. The fourth-order valence-electron chi connectivity index (χ4n) is 2.05. The molecule has 4 heteroatoms. The highest BCUT2D eigenvalue weighted by atomic mass is 32.1. The molecule has 2 aromatic rings. The molecule has 0 aliphatic rings. The number of nitrogens with zero attached hydrogens (tertiary/aromatic N) is 1. The molecule has 2 nitrogen and oxygen atoms in total. The van der Waals surface area contributed by atoms with Gasteiger partial charge in [0.25, 0.3) is 0 Å². The summed E-state index contributed by atoms with van der Waals surface area (Å²) in [4.78, 5) is 4.12. The highest BCUT2D eigenvalue weighted by Crippen LogP contribution is 2.25. The third kappa shape index (κ3) is 3.33. The van der Waals surface area contributed by atoms with Gasteiger partial charge >= 0.3 is 0 Å². The van der Waals surface area contributed by atoms with Gasteiger partial charge in [-0.05, 0) is 37.4 Å². The van der Waals surface area contributed by atoms with E-state index in [1.54, 1.807) is 11.3 Å². The van der Waals surface area contributed by atoms with Gasteiger partial charge in [0.05, 0.1) is 6.54 Å². The van der Waals surface area contributed by atoms with E-state index in [9.17, 15) is 0 Å². The molecule has 0 atom stereocenters. The van der Waals surface area contributed by atoms with Gasteiger partial charge in [-0.25, -0.2) is 0 Å². The van der Waals surface area contributed by atoms with Gasteiger partial charge in [-0.1, -0.05) is 30.4 Å². The van der Waals surface area contributed by atoms with Gasteiger partial charge in [-0.15, -0.1) is 11.3 Å². The minimum atomic E-state index is 0.387. The molecule has 0 bridgehead atoms. The summed E-state index contributed by atoms with van der Waals surface area (Å²) in [6.45, 7) is 5.25. The van der Waals surface area contributed by atoms with Crippen molar-refractivity contribution in [1.29, 1.82) is 0 Å². The van der Waals surface area contributed by atoms with Crippen molar-refractivity contribution in [2.24, 2.45) is 5.73 Å². The maximum absolute atomic E-state index is 5.83. The Hall–Kier alpha value is -1.39. The zero-order valence-electron chi connectivity index (χ0n) is 11.2. The van der Waals surface area contributed by atoms with Crippen molar-refractivity contribution < 1.29 is 0 Å². The van der Waals surface area contributed by atoms with E-state index in [1.807, 2.05) is 18.2 Å². The number of benzene rings is 1. The lowest BCUT2D eigenvalue weighted by atomic mass is 10.1. The molecule has 0 spiro atoms. The topological polar surface area (TPSA) is 29.3 Å². The molecule has 2 N–H and O–H groups in total. The smallest absolute Gasteiger partial charge is 0.106 e. The fourth-order valence-corrected chi connectivity index (χ4v) is 2.92. The van der Waals surface area contributed by atoms with Crippen LogP contribution in [0, 0.1) is 0 Å². The van der Waals surface area contributed by atoms with E-state index in [2.05, 4.69) is 42.3 Å². The minimum absolute atomic E-state index is 0.387. The number of nitrogens with two attached hydrogens (primary N) is 1. The van der Waals surface area contributed by atoms with Crippen LogP contribution in [0.25, 0.3) is 0 Å². The van der Waals surface area contributed by atoms with Crippen LogP contribution in [0.3, 0.4) is 0 Å². The second-order valence-corrected chi connectivity index (χ2v) is 6.15. The second kappa shape index (κ2) is 6.17. The summed E-state index contributed by atoms with van der Waals surface area (Å²) >= 11 is 6.93. The van der Waals surface area contributed by atoms with Gasteiger partial charge in [-0.3, -0.25) is 0 Å². The third-order valence-electron chi connectivity index (χ3n) is 3.01. The summed E-state index contributed by atoms with van der Waals surface area (Å²) in [7, 11) is 0. The summed E-state index contributed by atoms with van der Waals surface area (Å²) in [6, 6.07) is 12.7. The van der Waals surface area contributed by atoms with E-state index in [0.717, 1.165) is 17.8 Å². The number of thiophene rings is 1. The molecule has 0 aliphatic heterocycles. The van der Waals surface area contributed by atoms with Crippen LogP contribution in [0.4, 0.5) is 5.69 Å². The molecule has 19 heavy (non-hydrogen) atoms. The van der Waals surface area contributed by atoms with Crippen LogP contribution in [0.2, 0.25) is 0 Å². The van der Waals surface area contributed by atoms with Crippen LogP contribution in [0.5, 0.6) is 0 Å². The molecule has 1 aromatic heterocycles. The van der Waals surface area contributed by atoms with Gasteiger partial charge in [0, 0.05) is 22.2 Å². The zero-order chi connectivity index (χ0) is 13.8. The fraction of sp³-hybridized carbons (Fsp3) is 0.267. The standard InChI is InChI=1S/C15H18N2S2/c1-11(2)17(10-12-6-5-9-19-12)14-8-4-3-7-13(14)15(16)18/h3-9,11H,10H2,1-2H3,(H2,16,18). The Morgan fingerprint density at radius 3 is 2.58 bits per heavy atom. The Balaban J connectivity index is 2.36. The monoisotopic (exact) mass is 290 g/mol. The summed E-state index contributed by atoms with van der Waals surface area (Å²) in [5, 5.41) is 2.10. The predicted molar refractivity (Wildman–Crippen MR) is 88.0 cm³/mol. The van der Waals surface area contributed by atoms with Crippen molar-refractivity contribution in [3.8, 4) is 0 Å². The van der Waals surface area contributed by atoms with Crippen molar-refractivity contribution >= 4 is 34.2 Å². The second-order valence-electron chi connectivity index (χ2n) is 4.68. The van der Waals surface area contributed by atoms with E-state index in [4.69, 9.17) is 18.0 Å². The first kappa shape index (κ1) is 14.0. The molecule has 2 rings (SSSR count). The average Bonchev–Trinajstić information content (AvgIpc) is 2.88. The van der Waals surface area contributed by atoms with Crippen LogP contribution in [-0.4, -0.2) is 11.0 Å². The molecule has 1 aromatic carbocycles. The SMILES string of the molecule is CC(C)N(Cc1cccs1)c1ccccc1C(N)=S. The maximum atomic E-state index is 5.83. The summed E-state index contributed by atoms with van der Waals surface area (Å²) in [5.41, 5.74) is 7.89. The highest BCUT2D eigenvalue weighted by Gasteiger charge is 2.16. The number of hydrogen-bond donors (Lipinski definition) is 1. The van der Waals surface area contributed by atoms with Crippen molar-refractivity contribution in [1.82, 2.24) is 0 Å². The van der Waals surface area contributed by atoms with Crippen LogP contribution in [0.15, 0.2) is 41.8 Å². The summed E-state index contributed by atoms with van der Waals surface area (Å²) < 4.78 is 0. The molecule has 0 saturated heterocycles.